The molecule has 1 aliphatic heterocycles. The second kappa shape index (κ2) is 6.34. The van der Waals surface area contributed by atoms with Gasteiger partial charge in [0.15, 0.2) is 0 Å². The van der Waals surface area contributed by atoms with Crippen molar-refractivity contribution in [1.82, 2.24) is 9.30 Å². The number of hydrogen-bond acceptors (Lipinski definition) is 2. The lowest BCUT2D eigenvalue weighted by Gasteiger charge is -2.30. The van der Waals surface area contributed by atoms with E-state index in [0.717, 1.165) is 16.6 Å². The van der Waals surface area contributed by atoms with Gasteiger partial charge in [0.25, 0.3) is 11.8 Å². The molecule has 0 spiro atoms. The maximum Gasteiger partial charge on any atom is 0.255 e. The third kappa shape index (κ3) is 2.73. The van der Waals surface area contributed by atoms with Crippen LogP contribution < -0.4 is 5.73 Å². The second-order valence-corrected chi connectivity index (χ2v) is 7.07. The SMILES string of the molecule is NC(=O)c1c(Cl)cc2c(c1Cl)CCN(C(=O)c1cc3ccccn3c1)C2. The minimum atomic E-state index is -0.651. The van der Waals surface area contributed by atoms with Gasteiger partial charge in [-0.3, -0.25) is 9.59 Å². The third-order valence-corrected chi connectivity index (χ3v) is 5.40. The minimum Gasteiger partial charge on any atom is -0.366 e. The Balaban J connectivity index is 1.66. The Bertz CT molecular complexity index is 1030. The number of carbonyl (C=O) groups excluding carboxylic acids is 2. The van der Waals surface area contributed by atoms with Crippen LogP contribution in [0.3, 0.4) is 0 Å². The number of pyridine rings is 1. The molecule has 4 rings (SSSR count). The molecule has 0 saturated heterocycles. The lowest BCUT2D eigenvalue weighted by Crippen LogP contribution is -2.36. The normalized spacial score (nSPS) is 13.7. The van der Waals surface area contributed by atoms with Crippen molar-refractivity contribution in [3.05, 3.63) is 75.0 Å². The molecule has 7 heteroatoms. The number of rotatable bonds is 2. The first kappa shape index (κ1) is 16.9. The van der Waals surface area contributed by atoms with Gasteiger partial charge in [-0.25, -0.2) is 0 Å². The predicted molar refractivity (Wildman–Crippen MR) is 101 cm³/mol. The molecule has 2 aromatic heterocycles. The number of aromatic nitrogens is 1. The van der Waals surface area contributed by atoms with Crippen LogP contribution in [-0.2, 0) is 13.0 Å². The lowest BCUT2D eigenvalue weighted by atomic mass is 9.96. The van der Waals surface area contributed by atoms with E-state index < -0.39 is 5.91 Å². The summed E-state index contributed by atoms with van der Waals surface area (Å²) in [6.07, 6.45) is 4.27. The molecule has 1 aliphatic rings. The molecule has 3 heterocycles. The summed E-state index contributed by atoms with van der Waals surface area (Å²) in [5, 5.41) is 0.506. The van der Waals surface area contributed by atoms with Gasteiger partial charge in [0.2, 0.25) is 0 Å². The standard InChI is InChI=1S/C19H15Cl2N3O2/c20-15-8-11-9-24(6-4-14(11)17(21)16(15)18(22)25)19(26)12-7-13-3-1-2-5-23(13)10-12/h1-3,5,7-8,10H,4,6,9H2,(H2,22,25). The average molecular weight is 388 g/mol. The van der Waals surface area contributed by atoms with Crippen molar-refractivity contribution in [3.63, 3.8) is 0 Å². The van der Waals surface area contributed by atoms with Gasteiger partial charge in [-0.05, 0) is 41.8 Å². The first-order valence-corrected chi connectivity index (χ1v) is 8.87. The maximum absolute atomic E-state index is 12.9. The first-order chi connectivity index (χ1) is 12.5. The number of halogens is 2. The summed E-state index contributed by atoms with van der Waals surface area (Å²) < 4.78 is 1.91. The Morgan fingerprint density at radius 3 is 2.69 bits per heavy atom. The predicted octanol–water partition coefficient (Wildman–Crippen LogP) is 3.54. The largest absolute Gasteiger partial charge is 0.366 e. The van der Waals surface area contributed by atoms with Crippen LogP contribution in [0.5, 0.6) is 0 Å². The fraction of sp³-hybridized carbons (Fsp3) is 0.158. The van der Waals surface area contributed by atoms with E-state index >= 15 is 0 Å². The molecule has 0 radical (unpaired) electrons. The topological polar surface area (TPSA) is 67.8 Å². The molecule has 0 aliphatic carbocycles. The third-order valence-electron chi connectivity index (χ3n) is 4.69. The number of hydrogen-bond donors (Lipinski definition) is 1. The van der Waals surface area contributed by atoms with Crippen LogP contribution in [0.2, 0.25) is 10.0 Å². The molecule has 0 saturated carbocycles. The summed E-state index contributed by atoms with van der Waals surface area (Å²) in [5.41, 5.74) is 8.77. The Morgan fingerprint density at radius 1 is 1.15 bits per heavy atom. The average Bonchev–Trinajstić information content (AvgIpc) is 3.04. The number of benzene rings is 1. The van der Waals surface area contributed by atoms with Gasteiger partial charge < -0.3 is 15.0 Å². The number of amides is 2. The van der Waals surface area contributed by atoms with Gasteiger partial charge in [0.05, 0.1) is 21.2 Å². The first-order valence-electron chi connectivity index (χ1n) is 8.11. The van der Waals surface area contributed by atoms with Crippen LogP contribution in [-0.4, -0.2) is 27.7 Å². The molecular formula is C19H15Cl2N3O2. The van der Waals surface area contributed by atoms with E-state index in [-0.39, 0.29) is 16.5 Å². The van der Waals surface area contributed by atoms with Gasteiger partial charge in [-0.15, -0.1) is 0 Å². The number of nitrogens with two attached hydrogens (primary N) is 1. The molecule has 5 nitrogen and oxygen atoms in total. The van der Waals surface area contributed by atoms with Crippen molar-refractivity contribution in [2.75, 3.05) is 6.54 Å². The summed E-state index contributed by atoms with van der Waals surface area (Å²) in [6.45, 7) is 0.899. The zero-order chi connectivity index (χ0) is 18.4. The summed E-state index contributed by atoms with van der Waals surface area (Å²) in [4.78, 5) is 26.2. The van der Waals surface area contributed by atoms with Crippen LogP contribution in [0.25, 0.3) is 5.52 Å². The van der Waals surface area contributed by atoms with E-state index in [9.17, 15) is 9.59 Å². The maximum atomic E-state index is 12.9. The van der Waals surface area contributed by atoms with Gasteiger partial charge in [-0.2, -0.15) is 0 Å². The molecule has 26 heavy (non-hydrogen) atoms. The molecule has 0 bridgehead atoms. The molecule has 0 unspecified atom stereocenters. The van der Waals surface area contributed by atoms with Crippen LogP contribution in [0.4, 0.5) is 0 Å². The highest BCUT2D eigenvalue weighted by molar-refractivity contribution is 6.40. The van der Waals surface area contributed by atoms with E-state index in [1.807, 2.05) is 41.1 Å². The number of carbonyl (C=O) groups is 2. The summed E-state index contributed by atoms with van der Waals surface area (Å²) in [7, 11) is 0. The van der Waals surface area contributed by atoms with E-state index in [1.165, 1.54) is 0 Å². The summed E-state index contributed by atoms with van der Waals surface area (Å²) in [6, 6.07) is 9.35. The minimum absolute atomic E-state index is 0.0504. The molecule has 1 aromatic carbocycles. The number of nitrogens with zero attached hydrogens (tertiary/aromatic N) is 2. The highest BCUT2D eigenvalue weighted by Gasteiger charge is 2.27. The fourth-order valence-electron chi connectivity index (χ4n) is 3.41. The van der Waals surface area contributed by atoms with E-state index in [1.54, 1.807) is 11.0 Å². The van der Waals surface area contributed by atoms with Gasteiger partial charge >= 0.3 is 0 Å². The second-order valence-electron chi connectivity index (χ2n) is 6.29. The summed E-state index contributed by atoms with van der Waals surface area (Å²) >= 11 is 12.5. The monoisotopic (exact) mass is 387 g/mol. The van der Waals surface area contributed by atoms with Crippen LogP contribution in [0.1, 0.15) is 31.8 Å². The van der Waals surface area contributed by atoms with Crippen molar-refractivity contribution in [2.24, 2.45) is 5.73 Å². The Hall–Kier alpha value is -2.50. The van der Waals surface area contributed by atoms with Crippen molar-refractivity contribution >= 4 is 40.5 Å². The molecular weight excluding hydrogens is 373 g/mol. The zero-order valence-electron chi connectivity index (χ0n) is 13.7. The Kier molecular flexibility index (Phi) is 4.13. The smallest absolute Gasteiger partial charge is 0.255 e. The summed E-state index contributed by atoms with van der Waals surface area (Å²) in [5.74, 6) is -0.702. The van der Waals surface area contributed by atoms with Crippen molar-refractivity contribution in [2.45, 2.75) is 13.0 Å². The van der Waals surface area contributed by atoms with Crippen LogP contribution >= 0.6 is 23.2 Å². The number of fused-ring (bicyclic) bond motifs is 2. The lowest BCUT2D eigenvalue weighted by molar-refractivity contribution is 0.0734. The molecule has 0 fully saturated rings. The Morgan fingerprint density at radius 2 is 1.96 bits per heavy atom. The van der Waals surface area contributed by atoms with Gasteiger partial charge in [-0.1, -0.05) is 29.3 Å². The van der Waals surface area contributed by atoms with Crippen molar-refractivity contribution in [1.29, 1.82) is 0 Å². The molecule has 132 valence electrons. The van der Waals surface area contributed by atoms with Gasteiger partial charge in [0, 0.05) is 31.0 Å². The van der Waals surface area contributed by atoms with E-state index in [4.69, 9.17) is 28.9 Å². The zero-order valence-corrected chi connectivity index (χ0v) is 15.2. The van der Waals surface area contributed by atoms with Crippen LogP contribution in [0.15, 0.2) is 42.7 Å². The fourth-order valence-corrected chi connectivity index (χ4v) is 4.18. The van der Waals surface area contributed by atoms with E-state index in [2.05, 4.69) is 0 Å². The van der Waals surface area contributed by atoms with Crippen molar-refractivity contribution in [3.8, 4) is 0 Å². The molecule has 0 atom stereocenters. The van der Waals surface area contributed by atoms with Crippen molar-refractivity contribution < 1.29 is 9.59 Å². The van der Waals surface area contributed by atoms with Crippen LogP contribution in [0, 0.1) is 0 Å². The Labute approximate surface area is 159 Å². The molecule has 2 N–H and O–H groups in total. The highest BCUT2D eigenvalue weighted by Crippen LogP contribution is 2.34. The number of primary amides is 1. The quantitative estimate of drug-likeness (QED) is 0.730. The highest BCUT2D eigenvalue weighted by atomic mass is 35.5. The molecule has 2 amide bonds. The van der Waals surface area contributed by atoms with E-state index in [0.29, 0.717) is 30.1 Å². The van der Waals surface area contributed by atoms with Gasteiger partial charge in [0.1, 0.15) is 0 Å². The molecule has 3 aromatic rings.